The number of hydrogen-bond donors (Lipinski definition) is 1. The molecule has 0 spiro atoms. The van der Waals surface area contributed by atoms with Crippen molar-refractivity contribution in [2.24, 2.45) is 0 Å². The Morgan fingerprint density at radius 2 is 1.71 bits per heavy atom. The molecule has 2 aliphatic carbocycles. The molecular formula is C29H20F5N3O4S. The van der Waals surface area contributed by atoms with Crippen LogP contribution in [0, 0.1) is 29.1 Å². The van der Waals surface area contributed by atoms with Crippen LogP contribution in [0.5, 0.6) is 11.5 Å². The standard InChI is InChI=1S/C29H20F5N3O4S/c30-21-2-1-3-25(26(21)34)41-18-10-23(32)27(24(33)11-18)37-29(35)20(12-36-37)28(38)16-6-14-8-17(22(31)9-15(14)7-16)13-42(39,40)19-4-5-19/h1-3,7-12,19H,4-6,13,35H2. The van der Waals surface area contributed by atoms with Gasteiger partial charge in [-0.05, 0) is 48.2 Å². The highest BCUT2D eigenvalue weighted by Gasteiger charge is 2.36. The average molecular weight is 602 g/mol. The summed E-state index contributed by atoms with van der Waals surface area (Å²) < 4.78 is 103. The number of carbonyl (C=O) groups is 1. The van der Waals surface area contributed by atoms with Gasteiger partial charge in [-0.2, -0.15) is 9.49 Å². The van der Waals surface area contributed by atoms with Crippen molar-refractivity contribution in [3.63, 3.8) is 0 Å². The third kappa shape index (κ3) is 4.93. The third-order valence-corrected chi connectivity index (χ3v) is 9.30. The highest BCUT2D eigenvalue weighted by Crippen LogP contribution is 2.35. The van der Waals surface area contributed by atoms with Crippen LogP contribution in [0.15, 0.2) is 54.2 Å². The molecule has 7 nitrogen and oxygen atoms in total. The van der Waals surface area contributed by atoms with Gasteiger partial charge in [0.2, 0.25) is 5.82 Å². The van der Waals surface area contributed by atoms with E-state index in [-0.39, 0.29) is 28.9 Å². The molecule has 4 aromatic rings. The van der Waals surface area contributed by atoms with Crippen LogP contribution in [0.4, 0.5) is 27.8 Å². The van der Waals surface area contributed by atoms with Gasteiger partial charge in [0.15, 0.2) is 38.8 Å². The van der Waals surface area contributed by atoms with Crippen molar-refractivity contribution in [2.75, 3.05) is 5.73 Å². The molecule has 0 aliphatic heterocycles. The average Bonchev–Trinajstić information content (AvgIpc) is 3.63. The van der Waals surface area contributed by atoms with Gasteiger partial charge >= 0.3 is 0 Å². The molecule has 1 fully saturated rings. The molecule has 2 N–H and O–H groups in total. The van der Waals surface area contributed by atoms with Gasteiger partial charge in [0.05, 0.1) is 22.8 Å². The summed E-state index contributed by atoms with van der Waals surface area (Å²) in [6.07, 6.45) is 3.65. The number of ether oxygens (including phenoxy) is 1. The minimum atomic E-state index is -3.46. The van der Waals surface area contributed by atoms with Crippen LogP contribution >= 0.6 is 0 Å². The molecule has 1 heterocycles. The van der Waals surface area contributed by atoms with E-state index < -0.39 is 72.9 Å². The number of hydrogen-bond acceptors (Lipinski definition) is 6. The Labute approximate surface area is 235 Å². The van der Waals surface area contributed by atoms with E-state index in [0.29, 0.717) is 28.7 Å². The van der Waals surface area contributed by atoms with Gasteiger partial charge in [0.1, 0.15) is 23.1 Å². The minimum Gasteiger partial charge on any atom is -0.454 e. The summed E-state index contributed by atoms with van der Waals surface area (Å²) in [7, 11) is -3.46. The first-order chi connectivity index (χ1) is 19.9. The molecule has 0 atom stereocenters. The summed E-state index contributed by atoms with van der Waals surface area (Å²) in [4.78, 5) is 13.3. The number of anilines is 1. The number of halogens is 5. The number of Topliss-reactive ketones (excluding diaryl/α,β-unsaturated/α-hetero) is 1. The zero-order valence-corrected chi connectivity index (χ0v) is 22.3. The Balaban J connectivity index is 1.24. The molecule has 6 rings (SSSR count). The lowest BCUT2D eigenvalue weighted by molar-refractivity contribution is 0.103. The number of sulfone groups is 1. The maximum Gasteiger partial charge on any atom is 0.201 e. The molecule has 3 aromatic carbocycles. The Morgan fingerprint density at radius 1 is 1.00 bits per heavy atom. The molecule has 0 saturated heterocycles. The molecular weight excluding hydrogens is 581 g/mol. The summed E-state index contributed by atoms with van der Waals surface area (Å²) in [6, 6.07) is 7.12. The number of fused-ring (bicyclic) bond motifs is 1. The predicted molar refractivity (Wildman–Crippen MR) is 142 cm³/mol. The molecule has 0 bridgehead atoms. The number of aromatic nitrogens is 2. The van der Waals surface area contributed by atoms with Gasteiger partial charge in [-0.15, -0.1) is 0 Å². The molecule has 1 aromatic heterocycles. The van der Waals surface area contributed by atoms with Crippen LogP contribution in [-0.2, 0) is 22.0 Å². The second-order valence-corrected chi connectivity index (χ2v) is 12.4. The van der Waals surface area contributed by atoms with Crippen molar-refractivity contribution in [3.8, 4) is 17.2 Å². The highest BCUT2D eigenvalue weighted by atomic mass is 32.2. The number of allylic oxidation sites excluding steroid dienone is 1. The van der Waals surface area contributed by atoms with E-state index in [2.05, 4.69) is 5.10 Å². The van der Waals surface area contributed by atoms with Crippen molar-refractivity contribution >= 4 is 27.5 Å². The Morgan fingerprint density at radius 3 is 2.40 bits per heavy atom. The van der Waals surface area contributed by atoms with E-state index in [1.165, 1.54) is 18.2 Å². The lowest BCUT2D eigenvalue weighted by Gasteiger charge is -2.11. The van der Waals surface area contributed by atoms with E-state index in [1.54, 1.807) is 0 Å². The zero-order chi connectivity index (χ0) is 29.9. The summed E-state index contributed by atoms with van der Waals surface area (Å²) in [5, 5.41) is 3.42. The van der Waals surface area contributed by atoms with Crippen molar-refractivity contribution < 1.29 is 39.9 Å². The number of nitrogen functional groups attached to an aromatic ring is 1. The van der Waals surface area contributed by atoms with Gasteiger partial charge in [0, 0.05) is 29.7 Å². The fourth-order valence-corrected chi connectivity index (χ4v) is 6.56. The van der Waals surface area contributed by atoms with Crippen LogP contribution in [-0.4, -0.2) is 29.2 Å². The van der Waals surface area contributed by atoms with Crippen molar-refractivity contribution in [2.45, 2.75) is 30.3 Å². The lowest BCUT2D eigenvalue weighted by Crippen LogP contribution is -2.11. The van der Waals surface area contributed by atoms with E-state index in [9.17, 15) is 26.4 Å². The fraction of sp³-hybridized carbons (Fsp3) is 0.172. The number of ketones is 1. The van der Waals surface area contributed by atoms with Crippen molar-refractivity contribution in [1.82, 2.24) is 9.78 Å². The first-order valence-corrected chi connectivity index (χ1v) is 14.4. The largest absolute Gasteiger partial charge is 0.454 e. The van der Waals surface area contributed by atoms with Crippen molar-refractivity contribution in [1.29, 1.82) is 0 Å². The maximum absolute atomic E-state index is 15.0. The molecule has 0 unspecified atom stereocenters. The summed E-state index contributed by atoms with van der Waals surface area (Å²) in [5.74, 6) is -8.18. The first kappa shape index (κ1) is 27.6. The number of nitrogens with two attached hydrogens (primary N) is 1. The highest BCUT2D eigenvalue weighted by molar-refractivity contribution is 7.91. The van der Waals surface area contributed by atoms with Crippen LogP contribution in [0.3, 0.4) is 0 Å². The molecule has 0 radical (unpaired) electrons. The van der Waals surface area contributed by atoms with Gasteiger partial charge in [-0.25, -0.2) is 30.7 Å². The third-order valence-electron chi connectivity index (χ3n) is 7.10. The summed E-state index contributed by atoms with van der Waals surface area (Å²) in [6.45, 7) is 0. The molecule has 216 valence electrons. The Kier molecular flexibility index (Phi) is 6.64. The van der Waals surface area contributed by atoms with Crippen LogP contribution in [0.25, 0.3) is 11.8 Å². The monoisotopic (exact) mass is 601 g/mol. The maximum atomic E-state index is 15.0. The summed E-state index contributed by atoms with van der Waals surface area (Å²) in [5.41, 5.74) is 6.31. The Bertz CT molecular complexity index is 1910. The van der Waals surface area contributed by atoms with Crippen LogP contribution in [0.1, 0.15) is 39.9 Å². The van der Waals surface area contributed by atoms with Gasteiger partial charge in [-0.3, -0.25) is 4.79 Å². The van der Waals surface area contributed by atoms with Crippen LogP contribution in [0.2, 0.25) is 0 Å². The number of carbonyl (C=O) groups excluding carboxylic acids is 1. The lowest BCUT2D eigenvalue weighted by atomic mass is 10.0. The molecule has 1 saturated carbocycles. The topological polar surface area (TPSA) is 104 Å². The van der Waals surface area contributed by atoms with Gasteiger partial charge < -0.3 is 10.5 Å². The zero-order valence-electron chi connectivity index (χ0n) is 21.5. The predicted octanol–water partition coefficient (Wildman–Crippen LogP) is 5.84. The SMILES string of the molecule is Nc1c(C(=O)C2=Cc3cc(F)c(CS(=O)(=O)C4CC4)cc3C2)cnn1-c1c(F)cc(Oc2cccc(F)c2F)cc1F. The normalized spacial score (nSPS) is 14.5. The fourth-order valence-electron chi connectivity index (χ4n) is 4.81. The van der Waals surface area contributed by atoms with E-state index in [4.69, 9.17) is 10.5 Å². The van der Waals surface area contributed by atoms with Gasteiger partial charge in [-0.1, -0.05) is 12.1 Å². The summed E-state index contributed by atoms with van der Waals surface area (Å²) >= 11 is 0. The second-order valence-electron chi connectivity index (χ2n) is 10.1. The quantitative estimate of drug-likeness (QED) is 0.201. The van der Waals surface area contributed by atoms with E-state index in [0.717, 1.165) is 36.5 Å². The van der Waals surface area contributed by atoms with E-state index >= 15 is 8.78 Å². The minimum absolute atomic E-state index is 0.0218. The van der Waals surface area contributed by atoms with Crippen molar-refractivity contribution in [3.05, 3.63) is 106 Å². The van der Waals surface area contributed by atoms with E-state index in [1.807, 2.05) is 0 Å². The first-order valence-electron chi connectivity index (χ1n) is 12.7. The van der Waals surface area contributed by atoms with Crippen LogP contribution < -0.4 is 10.5 Å². The number of rotatable bonds is 8. The second kappa shape index (κ2) is 10.1. The number of nitrogens with zero attached hydrogens (tertiary/aromatic N) is 2. The molecule has 0 amide bonds. The number of benzene rings is 3. The molecule has 2 aliphatic rings. The molecule has 13 heteroatoms. The Hall–Kier alpha value is -4.52. The van der Waals surface area contributed by atoms with Gasteiger partial charge in [0.25, 0.3) is 0 Å². The smallest absolute Gasteiger partial charge is 0.201 e. The molecule has 42 heavy (non-hydrogen) atoms.